The highest BCUT2D eigenvalue weighted by Crippen LogP contribution is 2.19. The van der Waals surface area contributed by atoms with Crippen molar-refractivity contribution < 1.29 is 9.53 Å². The Balaban J connectivity index is 1.52. The molecule has 2 aliphatic rings. The van der Waals surface area contributed by atoms with E-state index in [0.29, 0.717) is 18.4 Å². The minimum atomic E-state index is 0.283. The number of carbonyl (C=O) groups is 1. The fraction of sp³-hybridized carbons (Fsp3) is 0.733. The van der Waals surface area contributed by atoms with E-state index in [0.717, 1.165) is 45.7 Å². The molecule has 1 amide bonds. The van der Waals surface area contributed by atoms with Gasteiger partial charge in [-0.05, 0) is 25.5 Å². The second-order valence-electron chi connectivity index (χ2n) is 6.26. The Morgan fingerprint density at radius 3 is 3.14 bits per heavy atom. The zero-order chi connectivity index (χ0) is 14.7. The van der Waals surface area contributed by atoms with E-state index in [1.807, 2.05) is 12.4 Å². The van der Waals surface area contributed by atoms with Gasteiger partial charge in [0.25, 0.3) is 0 Å². The fourth-order valence-electron chi connectivity index (χ4n) is 3.27. The molecule has 6 nitrogen and oxygen atoms in total. The van der Waals surface area contributed by atoms with Gasteiger partial charge in [-0.3, -0.25) is 14.8 Å². The number of ether oxygens (including phenoxy) is 1. The van der Waals surface area contributed by atoms with Crippen LogP contribution in [0.1, 0.15) is 18.4 Å². The van der Waals surface area contributed by atoms with E-state index in [-0.39, 0.29) is 5.91 Å². The fourth-order valence-corrected chi connectivity index (χ4v) is 3.27. The van der Waals surface area contributed by atoms with Crippen LogP contribution in [0.3, 0.4) is 0 Å². The minimum absolute atomic E-state index is 0.283. The first-order valence-corrected chi connectivity index (χ1v) is 7.76. The van der Waals surface area contributed by atoms with Gasteiger partial charge in [0, 0.05) is 38.2 Å². The molecule has 6 heteroatoms. The zero-order valence-corrected chi connectivity index (χ0v) is 12.6. The van der Waals surface area contributed by atoms with Gasteiger partial charge in [-0.25, -0.2) is 0 Å². The molecular weight excluding hydrogens is 268 g/mol. The van der Waals surface area contributed by atoms with Crippen LogP contribution in [0.25, 0.3) is 0 Å². The summed E-state index contributed by atoms with van der Waals surface area (Å²) in [4.78, 5) is 16.9. The van der Waals surface area contributed by atoms with E-state index in [4.69, 9.17) is 4.74 Å². The maximum Gasteiger partial charge on any atom is 0.222 e. The Morgan fingerprint density at radius 1 is 1.43 bits per heavy atom. The van der Waals surface area contributed by atoms with Crippen LogP contribution in [-0.4, -0.2) is 71.8 Å². The number of hydrogen-bond donors (Lipinski definition) is 1. The highest BCUT2D eigenvalue weighted by atomic mass is 16.5. The summed E-state index contributed by atoms with van der Waals surface area (Å²) in [5.41, 5.74) is 1.17. The molecule has 0 aliphatic carbocycles. The summed E-state index contributed by atoms with van der Waals surface area (Å²) < 4.78 is 5.70. The number of aryl methyl sites for hydroxylation is 1. The second kappa shape index (κ2) is 6.58. The number of fused-ring (bicyclic) bond motifs is 3. The van der Waals surface area contributed by atoms with Crippen LogP contribution in [0.2, 0.25) is 0 Å². The average Bonchev–Trinajstić information content (AvgIpc) is 2.82. The summed E-state index contributed by atoms with van der Waals surface area (Å²) in [6.07, 6.45) is 6.14. The van der Waals surface area contributed by atoms with Crippen LogP contribution in [0.5, 0.6) is 0 Å². The van der Waals surface area contributed by atoms with E-state index in [1.54, 1.807) is 0 Å². The number of likely N-dealkylation sites (N-methyl/N-ethyl adjacent to an activating group) is 1. The molecule has 2 aliphatic heterocycles. The third-order valence-corrected chi connectivity index (χ3v) is 4.51. The molecule has 0 radical (unpaired) electrons. The van der Waals surface area contributed by atoms with Gasteiger partial charge in [0.05, 0.1) is 25.5 Å². The summed E-state index contributed by atoms with van der Waals surface area (Å²) in [7, 11) is 2.14. The van der Waals surface area contributed by atoms with Gasteiger partial charge in [-0.1, -0.05) is 0 Å². The maximum absolute atomic E-state index is 12.5. The number of nitrogens with one attached hydrogen (secondary N) is 1. The lowest BCUT2D eigenvalue weighted by molar-refractivity contribution is -0.133. The Labute approximate surface area is 125 Å². The van der Waals surface area contributed by atoms with Crippen LogP contribution in [0.15, 0.2) is 12.4 Å². The van der Waals surface area contributed by atoms with Gasteiger partial charge in [0.15, 0.2) is 0 Å². The topological polar surface area (TPSA) is 61.5 Å². The van der Waals surface area contributed by atoms with Crippen molar-refractivity contribution in [2.24, 2.45) is 5.92 Å². The van der Waals surface area contributed by atoms with Gasteiger partial charge in [0.1, 0.15) is 0 Å². The molecule has 21 heavy (non-hydrogen) atoms. The number of aromatic amines is 1. The van der Waals surface area contributed by atoms with Crippen LogP contribution in [0.4, 0.5) is 0 Å². The first kappa shape index (κ1) is 14.5. The van der Waals surface area contributed by atoms with E-state index in [2.05, 4.69) is 27.0 Å². The first-order valence-electron chi connectivity index (χ1n) is 7.76. The van der Waals surface area contributed by atoms with E-state index in [1.165, 1.54) is 5.56 Å². The Hall–Kier alpha value is -1.40. The number of hydrogen-bond acceptors (Lipinski definition) is 4. The lowest BCUT2D eigenvalue weighted by atomic mass is 10.1. The van der Waals surface area contributed by atoms with Crippen molar-refractivity contribution >= 4 is 5.91 Å². The summed E-state index contributed by atoms with van der Waals surface area (Å²) in [5, 5.41) is 6.74. The molecule has 2 saturated heterocycles. The molecule has 3 heterocycles. The summed E-state index contributed by atoms with van der Waals surface area (Å²) in [6.45, 7) is 4.19. The van der Waals surface area contributed by atoms with Crippen LogP contribution in [0, 0.1) is 5.92 Å². The van der Waals surface area contributed by atoms with Crippen molar-refractivity contribution in [2.45, 2.75) is 25.3 Å². The van der Waals surface area contributed by atoms with Crippen molar-refractivity contribution in [3.05, 3.63) is 18.0 Å². The molecular formula is C15H24N4O2. The smallest absolute Gasteiger partial charge is 0.222 e. The van der Waals surface area contributed by atoms with Gasteiger partial charge in [-0.2, -0.15) is 5.10 Å². The van der Waals surface area contributed by atoms with Crippen LogP contribution >= 0.6 is 0 Å². The quantitative estimate of drug-likeness (QED) is 0.879. The first-order chi connectivity index (χ1) is 10.2. The third kappa shape index (κ3) is 3.63. The number of carbonyl (C=O) groups excluding carboxylic acids is 1. The molecule has 1 N–H and O–H groups in total. The standard InChI is InChI=1S/C15H24N4O2/c1-18-7-13-8-19(9-14(18)11-21-10-13)15(20)4-2-3-12-5-16-17-6-12/h5-6,13-14H,2-4,7-11H2,1H3,(H,16,17)/t13-,14+/m1/s1. The summed E-state index contributed by atoms with van der Waals surface area (Å²) in [5.74, 6) is 0.728. The SMILES string of the molecule is CN1C[C@H]2COC[C@@H]1CN(C(=O)CCCc1cn[nH]c1)C2. The van der Waals surface area contributed by atoms with Crippen molar-refractivity contribution in [3.63, 3.8) is 0 Å². The van der Waals surface area contributed by atoms with Crippen LogP contribution < -0.4 is 0 Å². The molecule has 0 aromatic carbocycles. The van der Waals surface area contributed by atoms with Crippen molar-refractivity contribution in [1.29, 1.82) is 0 Å². The lowest BCUT2D eigenvalue weighted by Crippen LogP contribution is -2.44. The molecule has 1 aromatic rings. The Bertz CT molecular complexity index is 462. The van der Waals surface area contributed by atoms with Gasteiger partial charge < -0.3 is 9.64 Å². The van der Waals surface area contributed by atoms with Crippen LogP contribution in [-0.2, 0) is 16.0 Å². The molecule has 2 fully saturated rings. The molecule has 1 aromatic heterocycles. The summed E-state index contributed by atoms with van der Waals surface area (Å²) >= 11 is 0. The average molecular weight is 292 g/mol. The molecule has 0 saturated carbocycles. The molecule has 3 rings (SSSR count). The van der Waals surface area contributed by atoms with Gasteiger partial charge in [0.2, 0.25) is 5.91 Å². The molecule has 0 unspecified atom stereocenters. The lowest BCUT2D eigenvalue weighted by Gasteiger charge is -2.29. The third-order valence-electron chi connectivity index (χ3n) is 4.51. The van der Waals surface area contributed by atoms with E-state index >= 15 is 0 Å². The Morgan fingerprint density at radius 2 is 2.33 bits per heavy atom. The van der Waals surface area contributed by atoms with E-state index in [9.17, 15) is 4.79 Å². The second-order valence-corrected chi connectivity index (χ2v) is 6.26. The summed E-state index contributed by atoms with van der Waals surface area (Å²) in [6, 6.07) is 0.343. The molecule has 0 spiro atoms. The highest BCUT2D eigenvalue weighted by molar-refractivity contribution is 5.76. The molecule has 116 valence electrons. The zero-order valence-electron chi connectivity index (χ0n) is 12.6. The van der Waals surface area contributed by atoms with Gasteiger partial charge >= 0.3 is 0 Å². The monoisotopic (exact) mass is 292 g/mol. The van der Waals surface area contributed by atoms with Crippen molar-refractivity contribution in [1.82, 2.24) is 20.0 Å². The molecule has 2 bridgehead atoms. The predicted molar refractivity (Wildman–Crippen MR) is 78.8 cm³/mol. The van der Waals surface area contributed by atoms with Gasteiger partial charge in [-0.15, -0.1) is 0 Å². The van der Waals surface area contributed by atoms with E-state index < -0.39 is 0 Å². The highest BCUT2D eigenvalue weighted by Gasteiger charge is 2.32. The number of nitrogens with zero attached hydrogens (tertiary/aromatic N) is 3. The largest absolute Gasteiger partial charge is 0.379 e. The van der Waals surface area contributed by atoms with Crippen molar-refractivity contribution in [2.75, 3.05) is 39.9 Å². The molecule has 2 atom stereocenters. The number of aromatic nitrogens is 2. The number of amides is 1. The number of rotatable bonds is 4. The van der Waals surface area contributed by atoms with Crippen molar-refractivity contribution in [3.8, 4) is 0 Å². The number of H-pyrrole nitrogens is 1. The maximum atomic E-state index is 12.5. The normalized spacial score (nSPS) is 26.6. The minimum Gasteiger partial charge on any atom is -0.379 e. The Kier molecular flexibility index (Phi) is 4.55. The predicted octanol–water partition coefficient (Wildman–Crippen LogP) is 0.521.